The minimum Gasteiger partial charge on any atom is -0.468 e. The highest BCUT2D eigenvalue weighted by molar-refractivity contribution is 5.39. The topological polar surface area (TPSA) is 71.5 Å². The fraction of sp³-hybridized carbons (Fsp3) is 0.444. The molecule has 2 heterocycles. The van der Waals surface area contributed by atoms with E-state index in [9.17, 15) is 10.1 Å². The van der Waals surface area contributed by atoms with E-state index in [0.717, 1.165) is 18.8 Å². The van der Waals surface area contributed by atoms with Crippen molar-refractivity contribution in [2.45, 2.75) is 31.8 Å². The summed E-state index contributed by atoms with van der Waals surface area (Å²) in [6.45, 7) is 3.32. The number of likely N-dealkylation sites (tertiary alicyclic amines) is 1. The second-order valence-corrected chi connectivity index (χ2v) is 6.14. The maximum atomic E-state index is 11.1. The molecular weight excluding hydrogens is 306 g/mol. The maximum absolute atomic E-state index is 11.1. The van der Waals surface area contributed by atoms with Gasteiger partial charge >= 0.3 is 0 Å². The highest BCUT2D eigenvalue weighted by Gasteiger charge is 2.24. The van der Waals surface area contributed by atoms with Crippen molar-refractivity contribution in [3.05, 3.63) is 64.1 Å². The minimum atomic E-state index is -0.328. The largest absolute Gasteiger partial charge is 0.468 e. The number of nitro groups is 1. The van der Waals surface area contributed by atoms with Gasteiger partial charge in [0, 0.05) is 24.7 Å². The molecule has 1 aliphatic heterocycles. The van der Waals surface area contributed by atoms with Crippen molar-refractivity contribution in [2.75, 3.05) is 19.6 Å². The van der Waals surface area contributed by atoms with Crippen molar-refractivity contribution < 1.29 is 9.34 Å². The number of para-hydroxylation sites is 1. The van der Waals surface area contributed by atoms with Gasteiger partial charge < -0.3 is 9.73 Å². The lowest BCUT2D eigenvalue weighted by Crippen LogP contribution is -2.38. The van der Waals surface area contributed by atoms with Crippen molar-refractivity contribution in [2.24, 2.45) is 0 Å². The molecule has 6 heteroatoms. The average Bonchev–Trinajstić information content (AvgIpc) is 3.14. The Morgan fingerprint density at radius 2 is 1.96 bits per heavy atom. The van der Waals surface area contributed by atoms with E-state index in [-0.39, 0.29) is 16.7 Å². The van der Waals surface area contributed by atoms with Crippen LogP contribution in [-0.4, -0.2) is 29.5 Å². The second-order valence-electron chi connectivity index (χ2n) is 6.14. The van der Waals surface area contributed by atoms with Crippen molar-refractivity contribution >= 4 is 5.69 Å². The number of hydrogen-bond acceptors (Lipinski definition) is 5. The van der Waals surface area contributed by atoms with Crippen LogP contribution in [-0.2, 0) is 6.54 Å². The van der Waals surface area contributed by atoms with Gasteiger partial charge in [0.25, 0.3) is 5.69 Å². The molecule has 6 nitrogen and oxygen atoms in total. The summed E-state index contributed by atoms with van der Waals surface area (Å²) >= 11 is 0. The standard InChI is InChI=1S/C18H23N3O3/c22-21(23)16-8-3-2-7-15(16)13-19-14-17(18-9-6-12-24-18)20-10-4-1-5-11-20/h2-3,6-9,12,17,19H,1,4-5,10-11,13-14H2. The molecule has 1 N–H and O–H groups in total. The molecular formula is C18H23N3O3. The number of furan rings is 1. The van der Waals surface area contributed by atoms with Crippen LogP contribution >= 0.6 is 0 Å². The predicted octanol–water partition coefficient (Wildman–Crippen LogP) is 3.50. The number of rotatable bonds is 7. The summed E-state index contributed by atoms with van der Waals surface area (Å²) in [6.07, 6.45) is 5.40. The van der Waals surface area contributed by atoms with Gasteiger partial charge in [0.05, 0.1) is 17.2 Å². The third kappa shape index (κ3) is 4.01. The number of nitro benzene ring substituents is 1. The highest BCUT2D eigenvalue weighted by Crippen LogP contribution is 2.25. The molecule has 1 unspecified atom stereocenters. The molecule has 0 spiro atoms. The molecule has 0 amide bonds. The lowest BCUT2D eigenvalue weighted by molar-refractivity contribution is -0.385. The molecule has 1 saturated heterocycles. The number of nitrogens with one attached hydrogen (secondary N) is 1. The second kappa shape index (κ2) is 8.08. The molecule has 1 aromatic heterocycles. The van der Waals surface area contributed by atoms with Gasteiger partial charge in [0.2, 0.25) is 0 Å². The molecule has 1 fully saturated rings. The van der Waals surface area contributed by atoms with Crippen LogP contribution in [0.2, 0.25) is 0 Å². The first-order valence-corrected chi connectivity index (χ1v) is 8.46. The molecule has 0 saturated carbocycles. The molecule has 1 atom stereocenters. The summed E-state index contributed by atoms with van der Waals surface area (Å²) in [5, 5.41) is 14.5. The quantitative estimate of drug-likeness (QED) is 0.622. The van der Waals surface area contributed by atoms with Crippen molar-refractivity contribution in [3.8, 4) is 0 Å². The van der Waals surface area contributed by atoms with E-state index in [1.54, 1.807) is 24.5 Å². The number of nitrogens with zero attached hydrogens (tertiary/aromatic N) is 2. The van der Waals surface area contributed by atoms with E-state index in [1.807, 2.05) is 18.2 Å². The van der Waals surface area contributed by atoms with E-state index in [2.05, 4.69) is 10.2 Å². The fourth-order valence-corrected chi connectivity index (χ4v) is 3.30. The van der Waals surface area contributed by atoms with E-state index in [4.69, 9.17) is 4.42 Å². The monoisotopic (exact) mass is 329 g/mol. The first-order valence-electron chi connectivity index (χ1n) is 8.46. The molecule has 0 bridgehead atoms. The van der Waals surface area contributed by atoms with Gasteiger partial charge in [-0.1, -0.05) is 24.6 Å². The Labute approximate surface area is 141 Å². The Bertz CT molecular complexity index is 651. The Balaban J connectivity index is 1.65. The van der Waals surface area contributed by atoms with Crippen LogP contribution in [0.1, 0.15) is 36.6 Å². The van der Waals surface area contributed by atoms with Gasteiger partial charge in [0.1, 0.15) is 5.76 Å². The lowest BCUT2D eigenvalue weighted by Gasteiger charge is -2.33. The fourth-order valence-electron chi connectivity index (χ4n) is 3.30. The number of benzene rings is 1. The van der Waals surface area contributed by atoms with Crippen LogP contribution in [0.5, 0.6) is 0 Å². The van der Waals surface area contributed by atoms with Gasteiger partial charge in [-0.2, -0.15) is 0 Å². The summed E-state index contributed by atoms with van der Waals surface area (Å²) in [5.74, 6) is 0.951. The van der Waals surface area contributed by atoms with Gasteiger partial charge in [-0.15, -0.1) is 0 Å². The molecule has 24 heavy (non-hydrogen) atoms. The van der Waals surface area contributed by atoms with E-state index in [1.165, 1.54) is 19.3 Å². The molecule has 3 rings (SSSR count). The van der Waals surface area contributed by atoms with Crippen LogP contribution in [0.15, 0.2) is 47.1 Å². The molecule has 128 valence electrons. The number of hydrogen-bond donors (Lipinski definition) is 1. The Kier molecular flexibility index (Phi) is 5.61. The van der Waals surface area contributed by atoms with Crippen LogP contribution < -0.4 is 5.32 Å². The number of piperidine rings is 1. The SMILES string of the molecule is O=[N+]([O-])c1ccccc1CNCC(c1ccco1)N1CCCCC1. The minimum absolute atomic E-state index is 0.164. The summed E-state index contributed by atoms with van der Waals surface area (Å²) in [4.78, 5) is 13.2. The van der Waals surface area contributed by atoms with Crippen LogP contribution in [0.25, 0.3) is 0 Å². The summed E-state index contributed by atoms with van der Waals surface area (Å²) in [7, 11) is 0. The third-order valence-electron chi connectivity index (χ3n) is 4.54. The zero-order valence-corrected chi connectivity index (χ0v) is 13.7. The molecule has 0 aliphatic carbocycles. The highest BCUT2D eigenvalue weighted by atomic mass is 16.6. The van der Waals surface area contributed by atoms with E-state index in [0.29, 0.717) is 18.7 Å². The van der Waals surface area contributed by atoms with E-state index >= 15 is 0 Å². The zero-order valence-electron chi connectivity index (χ0n) is 13.7. The average molecular weight is 329 g/mol. The van der Waals surface area contributed by atoms with Crippen molar-refractivity contribution in [3.63, 3.8) is 0 Å². The first-order chi connectivity index (χ1) is 11.8. The van der Waals surface area contributed by atoms with Crippen molar-refractivity contribution in [1.29, 1.82) is 0 Å². The Morgan fingerprint density at radius 3 is 2.67 bits per heavy atom. The normalized spacial score (nSPS) is 16.8. The third-order valence-corrected chi connectivity index (χ3v) is 4.54. The van der Waals surface area contributed by atoms with Gasteiger partial charge in [-0.25, -0.2) is 0 Å². The smallest absolute Gasteiger partial charge is 0.273 e. The summed E-state index contributed by atoms with van der Waals surface area (Å²) in [6, 6.07) is 11.0. The van der Waals surface area contributed by atoms with Crippen LogP contribution in [0.4, 0.5) is 5.69 Å². The Hall–Kier alpha value is -2.18. The first kappa shape index (κ1) is 16.7. The van der Waals surface area contributed by atoms with Gasteiger partial charge in [-0.05, 0) is 38.1 Å². The predicted molar refractivity (Wildman–Crippen MR) is 91.7 cm³/mol. The maximum Gasteiger partial charge on any atom is 0.273 e. The Morgan fingerprint density at radius 1 is 1.17 bits per heavy atom. The van der Waals surface area contributed by atoms with Crippen LogP contribution in [0, 0.1) is 10.1 Å². The molecule has 0 radical (unpaired) electrons. The van der Waals surface area contributed by atoms with Gasteiger partial charge in [-0.3, -0.25) is 15.0 Å². The van der Waals surface area contributed by atoms with Crippen molar-refractivity contribution in [1.82, 2.24) is 10.2 Å². The molecule has 1 aliphatic rings. The van der Waals surface area contributed by atoms with E-state index < -0.39 is 0 Å². The van der Waals surface area contributed by atoms with Crippen LogP contribution in [0.3, 0.4) is 0 Å². The molecule has 2 aromatic rings. The van der Waals surface area contributed by atoms with Gasteiger partial charge in [0.15, 0.2) is 0 Å². The molecule has 1 aromatic carbocycles. The lowest BCUT2D eigenvalue weighted by atomic mass is 10.1. The summed E-state index contributed by atoms with van der Waals surface area (Å²) < 4.78 is 5.62. The zero-order chi connectivity index (χ0) is 16.8. The summed E-state index contributed by atoms with van der Waals surface area (Å²) in [5.41, 5.74) is 0.872.